The molecule has 1 saturated heterocycles. The maximum atomic E-state index is 12.2. The molecule has 1 aromatic heterocycles. The third-order valence-electron chi connectivity index (χ3n) is 4.44. The highest BCUT2D eigenvalue weighted by Crippen LogP contribution is 2.27. The Kier molecular flexibility index (Phi) is 5.96. The summed E-state index contributed by atoms with van der Waals surface area (Å²) in [7, 11) is 1.66. The lowest BCUT2D eigenvalue weighted by atomic mass is 9.97. The van der Waals surface area contributed by atoms with E-state index in [0.29, 0.717) is 25.4 Å². The average Bonchev–Trinajstić information content (AvgIpc) is 3.10. The molecule has 0 N–H and O–H groups in total. The highest BCUT2D eigenvalue weighted by atomic mass is 32.2. The van der Waals surface area contributed by atoms with Crippen molar-refractivity contribution in [2.45, 2.75) is 30.9 Å². The summed E-state index contributed by atoms with van der Waals surface area (Å²) in [5.41, 5.74) is 1.19. The standard InChI is InChI=1S/C18H23N3O3S/c1-23-15-6-3-13(4-7-15)9-10-21-11-14(5-8-17(21)22)18-19-16(12-25-2)20-24-18/h3-4,6-7,14H,5,8-12H2,1-2H3/t14-/m0/s1. The Morgan fingerprint density at radius 1 is 1.36 bits per heavy atom. The van der Waals surface area contributed by atoms with Gasteiger partial charge in [0.1, 0.15) is 5.75 Å². The fraction of sp³-hybridized carbons (Fsp3) is 0.500. The van der Waals surface area contributed by atoms with E-state index in [1.165, 1.54) is 5.56 Å². The van der Waals surface area contributed by atoms with Crippen molar-refractivity contribution in [3.8, 4) is 5.75 Å². The van der Waals surface area contributed by atoms with E-state index >= 15 is 0 Å². The number of nitrogens with zero attached hydrogens (tertiary/aromatic N) is 3. The molecule has 1 aliphatic heterocycles. The van der Waals surface area contributed by atoms with Gasteiger partial charge in [-0.05, 0) is 36.8 Å². The van der Waals surface area contributed by atoms with Crippen LogP contribution in [-0.2, 0) is 17.0 Å². The molecular weight excluding hydrogens is 338 g/mol. The molecule has 0 saturated carbocycles. The zero-order valence-corrected chi connectivity index (χ0v) is 15.4. The smallest absolute Gasteiger partial charge is 0.231 e. The number of carbonyl (C=O) groups is 1. The topological polar surface area (TPSA) is 68.5 Å². The molecule has 0 aliphatic carbocycles. The first-order valence-electron chi connectivity index (χ1n) is 8.41. The fourth-order valence-corrected chi connectivity index (χ4v) is 3.39. The van der Waals surface area contributed by atoms with Crippen LogP contribution in [-0.4, -0.2) is 47.4 Å². The van der Waals surface area contributed by atoms with E-state index in [0.717, 1.165) is 30.2 Å². The highest BCUT2D eigenvalue weighted by molar-refractivity contribution is 7.97. The van der Waals surface area contributed by atoms with Crippen LogP contribution in [0, 0.1) is 0 Å². The normalized spacial score (nSPS) is 17.8. The van der Waals surface area contributed by atoms with Gasteiger partial charge in [0.2, 0.25) is 11.8 Å². The van der Waals surface area contributed by atoms with Crippen molar-refractivity contribution >= 4 is 17.7 Å². The molecule has 1 aromatic carbocycles. The molecule has 134 valence electrons. The number of methoxy groups -OCH3 is 1. The van der Waals surface area contributed by atoms with Gasteiger partial charge in [-0.25, -0.2) is 0 Å². The Balaban J connectivity index is 1.58. The molecule has 1 aliphatic rings. The second-order valence-corrected chi connectivity index (χ2v) is 7.02. The summed E-state index contributed by atoms with van der Waals surface area (Å²) in [6.07, 6.45) is 4.15. The Bertz CT molecular complexity index is 702. The first-order valence-corrected chi connectivity index (χ1v) is 9.81. The lowest BCUT2D eigenvalue weighted by molar-refractivity contribution is -0.133. The summed E-state index contributed by atoms with van der Waals surface area (Å²) in [6.45, 7) is 1.35. The number of likely N-dealkylation sites (tertiary alicyclic amines) is 1. The van der Waals surface area contributed by atoms with Gasteiger partial charge in [0.15, 0.2) is 5.82 Å². The second-order valence-electron chi connectivity index (χ2n) is 6.16. The molecule has 2 heterocycles. The molecule has 25 heavy (non-hydrogen) atoms. The number of aromatic nitrogens is 2. The van der Waals surface area contributed by atoms with Crippen LogP contribution >= 0.6 is 11.8 Å². The quantitative estimate of drug-likeness (QED) is 0.755. The largest absolute Gasteiger partial charge is 0.497 e. The predicted molar refractivity (Wildman–Crippen MR) is 96.8 cm³/mol. The first kappa shape index (κ1) is 17.8. The van der Waals surface area contributed by atoms with E-state index in [2.05, 4.69) is 10.1 Å². The van der Waals surface area contributed by atoms with Gasteiger partial charge in [0.25, 0.3) is 0 Å². The van der Waals surface area contributed by atoms with Gasteiger partial charge >= 0.3 is 0 Å². The van der Waals surface area contributed by atoms with Gasteiger partial charge in [-0.2, -0.15) is 16.7 Å². The fourth-order valence-electron chi connectivity index (χ4n) is 3.01. The number of carbonyl (C=O) groups excluding carboxylic acids is 1. The summed E-state index contributed by atoms with van der Waals surface area (Å²) in [5.74, 6) is 3.31. The minimum Gasteiger partial charge on any atom is -0.497 e. The molecule has 1 atom stereocenters. The minimum atomic E-state index is 0.136. The van der Waals surface area contributed by atoms with E-state index in [4.69, 9.17) is 9.26 Å². The van der Waals surface area contributed by atoms with Crippen molar-refractivity contribution in [1.82, 2.24) is 15.0 Å². The van der Waals surface area contributed by atoms with Crippen LogP contribution in [0.5, 0.6) is 5.75 Å². The average molecular weight is 361 g/mol. The Morgan fingerprint density at radius 3 is 2.88 bits per heavy atom. The van der Waals surface area contributed by atoms with Gasteiger partial charge in [0, 0.05) is 19.5 Å². The second kappa shape index (κ2) is 8.38. The molecule has 7 heteroatoms. The van der Waals surface area contributed by atoms with Crippen LogP contribution in [0.2, 0.25) is 0 Å². The summed E-state index contributed by atoms with van der Waals surface area (Å²) in [5, 5.41) is 4.01. The number of piperidine rings is 1. The van der Waals surface area contributed by atoms with E-state index in [-0.39, 0.29) is 11.8 Å². The van der Waals surface area contributed by atoms with Crippen LogP contribution in [0.4, 0.5) is 0 Å². The number of amides is 1. The van der Waals surface area contributed by atoms with Gasteiger partial charge in [-0.1, -0.05) is 17.3 Å². The Hall–Kier alpha value is -2.02. The predicted octanol–water partition coefficient (Wildman–Crippen LogP) is 2.89. The maximum Gasteiger partial charge on any atom is 0.231 e. The number of benzene rings is 1. The van der Waals surface area contributed by atoms with Gasteiger partial charge in [-0.15, -0.1) is 0 Å². The molecule has 6 nitrogen and oxygen atoms in total. The van der Waals surface area contributed by atoms with Crippen molar-refractivity contribution < 1.29 is 14.1 Å². The van der Waals surface area contributed by atoms with Crippen molar-refractivity contribution in [2.24, 2.45) is 0 Å². The molecule has 0 unspecified atom stereocenters. The number of rotatable bonds is 7. The third kappa shape index (κ3) is 4.54. The summed E-state index contributed by atoms with van der Waals surface area (Å²) in [6, 6.07) is 7.97. The summed E-state index contributed by atoms with van der Waals surface area (Å²) >= 11 is 1.67. The Morgan fingerprint density at radius 2 is 2.16 bits per heavy atom. The number of thioether (sulfide) groups is 1. The van der Waals surface area contributed by atoms with Crippen molar-refractivity contribution in [3.63, 3.8) is 0 Å². The van der Waals surface area contributed by atoms with Crippen LogP contribution in [0.15, 0.2) is 28.8 Å². The molecular formula is C18H23N3O3S. The minimum absolute atomic E-state index is 0.136. The molecule has 2 aromatic rings. The lowest BCUT2D eigenvalue weighted by Crippen LogP contribution is -2.40. The number of ether oxygens (including phenoxy) is 1. The summed E-state index contributed by atoms with van der Waals surface area (Å²) < 4.78 is 10.6. The monoisotopic (exact) mass is 361 g/mol. The van der Waals surface area contributed by atoms with Gasteiger partial charge in [-0.3, -0.25) is 4.79 Å². The SMILES string of the molecule is COc1ccc(CCN2C[C@@H](c3nc(CSC)no3)CCC2=O)cc1. The van der Waals surface area contributed by atoms with Crippen molar-refractivity contribution in [3.05, 3.63) is 41.5 Å². The van der Waals surface area contributed by atoms with E-state index < -0.39 is 0 Å². The van der Waals surface area contributed by atoms with E-state index in [1.54, 1.807) is 18.9 Å². The zero-order valence-electron chi connectivity index (χ0n) is 14.6. The first-order chi connectivity index (χ1) is 12.2. The lowest BCUT2D eigenvalue weighted by Gasteiger charge is -2.31. The van der Waals surface area contributed by atoms with E-state index in [1.807, 2.05) is 35.4 Å². The van der Waals surface area contributed by atoms with Crippen LogP contribution < -0.4 is 4.74 Å². The molecule has 0 radical (unpaired) electrons. The van der Waals surface area contributed by atoms with Gasteiger partial charge in [0.05, 0.1) is 18.8 Å². The van der Waals surface area contributed by atoms with Gasteiger partial charge < -0.3 is 14.2 Å². The number of hydrogen-bond acceptors (Lipinski definition) is 6. The van der Waals surface area contributed by atoms with Crippen molar-refractivity contribution in [2.75, 3.05) is 26.5 Å². The number of hydrogen-bond donors (Lipinski definition) is 0. The molecule has 1 amide bonds. The Labute approximate surface area is 151 Å². The van der Waals surface area contributed by atoms with E-state index in [9.17, 15) is 4.79 Å². The van der Waals surface area contributed by atoms with Crippen LogP contribution in [0.25, 0.3) is 0 Å². The van der Waals surface area contributed by atoms with Crippen molar-refractivity contribution in [1.29, 1.82) is 0 Å². The molecule has 3 rings (SSSR count). The van der Waals surface area contributed by atoms with Crippen LogP contribution in [0.3, 0.4) is 0 Å². The van der Waals surface area contributed by atoms with Crippen LogP contribution in [0.1, 0.15) is 36.0 Å². The molecule has 1 fully saturated rings. The zero-order chi connectivity index (χ0) is 17.6. The summed E-state index contributed by atoms with van der Waals surface area (Å²) in [4.78, 5) is 18.6. The maximum absolute atomic E-state index is 12.2. The molecule has 0 bridgehead atoms. The molecule has 0 spiro atoms. The third-order valence-corrected chi connectivity index (χ3v) is 4.98. The highest BCUT2D eigenvalue weighted by Gasteiger charge is 2.30.